The highest BCUT2D eigenvalue weighted by molar-refractivity contribution is 6.32. The molecule has 2 aliphatic rings. The topological polar surface area (TPSA) is 91.0 Å². The number of hydrogen-bond acceptors (Lipinski definition) is 4. The highest BCUT2D eigenvalue weighted by Gasteiger charge is 2.36. The molecule has 1 N–H and O–H groups in total. The minimum atomic E-state index is -0.186. The molecule has 1 saturated heterocycles. The molecule has 5 rings (SSSR count). The fourth-order valence-corrected chi connectivity index (χ4v) is 6.41. The predicted octanol–water partition coefficient (Wildman–Crippen LogP) is 8.81. The summed E-state index contributed by atoms with van der Waals surface area (Å²) in [6.45, 7) is 25.4. The molecule has 0 spiro atoms. The first-order chi connectivity index (χ1) is 24.1. The van der Waals surface area contributed by atoms with E-state index in [1.165, 1.54) is 18.4 Å². The van der Waals surface area contributed by atoms with E-state index in [2.05, 4.69) is 86.2 Å². The van der Waals surface area contributed by atoms with Crippen LogP contribution in [0.15, 0.2) is 67.2 Å². The van der Waals surface area contributed by atoms with Gasteiger partial charge in [0.05, 0.1) is 22.3 Å². The molecule has 2 amide bonds. The van der Waals surface area contributed by atoms with Crippen LogP contribution in [0.2, 0.25) is 5.02 Å². The van der Waals surface area contributed by atoms with Gasteiger partial charge in [-0.2, -0.15) is 5.26 Å². The highest BCUT2D eigenvalue weighted by atomic mass is 35.5. The molecule has 8 heteroatoms. The molecule has 2 aliphatic heterocycles. The van der Waals surface area contributed by atoms with Crippen LogP contribution in [-0.4, -0.2) is 32.3 Å². The average molecular weight is 698 g/mol. The molecule has 1 aromatic carbocycles. The number of benzene rings is 1. The van der Waals surface area contributed by atoms with Crippen molar-refractivity contribution in [3.63, 3.8) is 0 Å². The van der Waals surface area contributed by atoms with Crippen molar-refractivity contribution < 1.29 is 9.59 Å². The van der Waals surface area contributed by atoms with E-state index in [9.17, 15) is 14.9 Å². The van der Waals surface area contributed by atoms with E-state index < -0.39 is 0 Å². The molecule has 3 aromatic rings. The summed E-state index contributed by atoms with van der Waals surface area (Å²) in [5, 5.41) is 14.7. The minimum absolute atomic E-state index is 0.0160. The van der Waals surface area contributed by atoms with Gasteiger partial charge >= 0.3 is 0 Å². The van der Waals surface area contributed by atoms with Gasteiger partial charge in [0.2, 0.25) is 5.91 Å². The van der Waals surface area contributed by atoms with E-state index >= 15 is 0 Å². The van der Waals surface area contributed by atoms with Gasteiger partial charge in [-0.3, -0.25) is 14.6 Å². The number of pyridine rings is 1. The number of nitrogens with zero attached hydrogens (tertiary/aromatic N) is 4. The van der Waals surface area contributed by atoms with Crippen molar-refractivity contribution in [2.75, 3.05) is 0 Å². The van der Waals surface area contributed by atoms with Gasteiger partial charge in [0.1, 0.15) is 6.07 Å². The van der Waals surface area contributed by atoms with Gasteiger partial charge in [-0.15, -0.1) is 6.58 Å². The number of halogens is 1. The molecule has 7 nitrogen and oxygen atoms in total. The second-order valence-corrected chi connectivity index (χ2v) is 12.4. The summed E-state index contributed by atoms with van der Waals surface area (Å²) in [7, 11) is 0. The summed E-state index contributed by atoms with van der Waals surface area (Å²) in [5.74, 6) is -0.0623. The van der Waals surface area contributed by atoms with Crippen molar-refractivity contribution in [3.8, 4) is 6.07 Å². The summed E-state index contributed by atoms with van der Waals surface area (Å²) < 4.78 is 2.22. The second-order valence-electron chi connectivity index (χ2n) is 12.0. The zero-order chi connectivity index (χ0) is 37.4. The third-order valence-electron chi connectivity index (χ3n) is 8.24. The number of nitrogens with one attached hydrogen (secondary N) is 1. The SMILES string of the molecule is C=C(C)CCC.C=C1NC(=O)CCC1N1Cc2cc(Cn3ccc(=C(/CCC)c4ncc(C#N)cc4Cl)/c3=C\CC)ccc2C1=O.CC.CC. The van der Waals surface area contributed by atoms with Crippen molar-refractivity contribution >= 4 is 35.1 Å². The van der Waals surface area contributed by atoms with Crippen LogP contribution in [0.4, 0.5) is 0 Å². The average Bonchev–Trinajstić information content (AvgIpc) is 3.65. The number of aromatic nitrogens is 2. The van der Waals surface area contributed by atoms with E-state index in [4.69, 9.17) is 11.6 Å². The number of hydrogen-bond donors (Lipinski definition) is 1. The Morgan fingerprint density at radius 2 is 1.80 bits per heavy atom. The molecular weight excluding hydrogens is 642 g/mol. The monoisotopic (exact) mass is 697 g/mol. The van der Waals surface area contributed by atoms with E-state index in [-0.39, 0.29) is 17.9 Å². The van der Waals surface area contributed by atoms with Crippen molar-refractivity contribution in [1.29, 1.82) is 5.26 Å². The Labute approximate surface area is 305 Å². The van der Waals surface area contributed by atoms with Crippen LogP contribution in [0.5, 0.6) is 0 Å². The Kier molecular flexibility index (Phi) is 17.5. The molecule has 2 aromatic heterocycles. The molecule has 268 valence electrons. The molecule has 50 heavy (non-hydrogen) atoms. The summed E-state index contributed by atoms with van der Waals surface area (Å²) in [6, 6.07) is 11.8. The van der Waals surface area contributed by atoms with Gasteiger partial charge in [-0.1, -0.05) is 103 Å². The molecule has 0 saturated carbocycles. The van der Waals surface area contributed by atoms with Crippen molar-refractivity contribution in [2.24, 2.45) is 0 Å². The van der Waals surface area contributed by atoms with Crippen LogP contribution >= 0.6 is 11.6 Å². The van der Waals surface area contributed by atoms with Gasteiger partial charge in [0.25, 0.3) is 5.91 Å². The zero-order valence-electron chi connectivity index (χ0n) is 31.5. The molecule has 0 radical (unpaired) electrons. The Morgan fingerprint density at radius 1 is 1.10 bits per heavy atom. The fraction of sp³-hybridized carbons (Fsp3) is 0.429. The number of allylic oxidation sites excluding steroid dienone is 1. The van der Waals surface area contributed by atoms with E-state index in [1.807, 2.05) is 44.7 Å². The molecule has 0 bridgehead atoms. The zero-order valence-corrected chi connectivity index (χ0v) is 32.2. The maximum absolute atomic E-state index is 13.2. The molecule has 4 heterocycles. The fourth-order valence-electron chi connectivity index (χ4n) is 6.13. The first kappa shape index (κ1) is 41.8. The first-order valence-corrected chi connectivity index (χ1v) is 18.5. The van der Waals surface area contributed by atoms with E-state index in [0.29, 0.717) is 53.5 Å². The highest BCUT2D eigenvalue weighted by Crippen LogP contribution is 2.30. The van der Waals surface area contributed by atoms with Crippen LogP contribution in [0.1, 0.15) is 133 Å². The molecular formula is C42H56ClN5O2. The molecule has 0 aliphatic carbocycles. The number of amides is 2. The quantitative estimate of drug-likeness (QED) is 0.226. The van der Waals surface area contributed by atoms with Crippen LogP contribution < -0.4 is 15.9 Å². The van der Waals surface area contributed by atoms with Crippen LogP contribution in [-0.2, 0) is 17.9 Å². The third kappa shape index (κ3) is 10.5. The lowest BCUT2D eigenvalue weighted by atomic mass is 10.0. The van der Waals surface area contributed by atoms with Crippen molar-refractivity contribution in [2.45, 2.75) is 119 Å². The number of carbonyl (C=O) groups excluding carboxylic acids is 2. The number of carbonyl (C=O) groups is 2. The molecule has 1 fully saturated rings. The van der Waals surface area contributed by atoms with Gasteiger partial charge in [0.15, 0.2) is 0 Å². The van der Waals surface area contributed by atoms with E-state index in [0.717, 1.165) is 46.5 Å². The normalized spacial score (nSPS) is 15.7. The standard InChI is InChI=1S/C32H32ClN5O2.C6H12.2C2H6/c1-4-6-26(31-27(33)15-22(16-34)17-35-31)25-12-13-37(29(25)7-5-2)18-21-8-9-24-23(14-21)19-38(32(24)40)28-10-11-30(39)36-20(28)3;1-4-5-6(2)3;2*1-2/h7-9,12-15,17,28H,3-6,10-11,18-19H2,1-2H3,(H,36,39);2,4-5H2,1,3H3;2*1-2H3/b26-25+,29-7+;;;. The summed E-state index contributed by atoms with van der Waals surface area (Å²) in [6.07, 6.45) is 11.9. The number of fused-ring (bicyclic) bond motifs is 1. The number of nitriles is 1. The summed E-state index contributed by atoms with van der Waals surface area (Å²) in [5.41, 5.74) is 6.89. The molecule has 1 unspecified atom stereocenters. The Hall–Kier alpha value is -4.41. The predicted molar refractivity (Wildman–Crippen MR) is 208 cm³/mol. The van der Waals surface area contributed by atoms with Gasteiger partial charge in [-0.05, 0) is 67.5 Å². The van der Waals surface area contributed by atoms with Crippen molar-refractivity contribution in [3.05, 3.63) is 111 Å². The van der Waals surface area contributed by atoms with E-state index in [1.54, 1.807) is 12.3 Å². The lowest BCUT2D eigenvalue weighted by Gasteiger charge is -2.32. The maximum Gasteiger partial charge on any atom is 0.255 e. The first-order valence-electron chi connectivity index (χ1n) is 18.1. The summed E-state index contributed by atoms with van der Waals surface area (Å²) in [4.78, 5) is 31.3. The lowest BCUT2D eigenvalue weighted by Crippen LogP contribution is -2.45. The smallest absolute Gasteiger partial charge is 0.255 e. The van der Waals surface area contributed by atoms with Gasteiger partial charge in [-0.25, -0.2) is 0 Å². The van der Waals surface area contributed by atoms with Crippen LogP contribution in [0.25, 0.3) is 11.6 Å². The second kappa shape index (κ2) is 21.0. The van der Waals surface area contributed by atoms with Gasteiger partial charge in [0, 0.05) is 53.7 Å². The molecule has 1 atom stereocenters. The largest absolute Gasteiger partial charge is 0.343 e. The number of rotatable bonds is 9. The minimum Gasteiger partial charge on any atom is -0.343 e. The van der Waals surface area contributed by atoms with Crippen LogP contribution in [0.3, 0.4) is 0 Å². The Balaban J connectivity index is 0.000000774. The summed E-state index contributed by atoms with van der Waals surface area (Å²) >= 11 is 6.60. The van der Waals surface area contributed by atoms with Gasteiger partial charge < -0.3 is 14.8 Å². The Bertz CT molecular complexity index is 1810. The van der Waals surface area contributed by atoms with Crippen molar-refractivity contribution in [1.82, 2.24) is 19.8 Å². The van der Waals surface area contributed by atoms with Crippen LogP contribution in [0, 0.1) is 11.3 Å². The Morgan fingerprint density at radius 3 is 2.36 bits per heavy atom. The lowest BCUT2D eigenvalue weighted by molar-refractivity contribution is -0.121. The maximum atomic E-state index is 13.2. The third-order valence-corrected chi connectivity index (χ3v) is 8.53. The number of piperidine rings is 1.